The fraction of sp³-hybridized carbons (Fsp3) is 0.486. The second-order valence-corrected chi connectivity index (χ2v) is 11.2. The molecule has 3 aromatic rings. The predicted octanol–water partition coefficient (Wildman–Crippen LogP) is 11.1. The summed E-state index contributed by atoms with van der Waals surface area (Å²) in [6.07, 6.45) is 11.8. The van der Waals surface area contributed by atoms with Crippen molar-refractivity contribution >= 4 is 0 Å². The van der Waals surface area contributed by atoms with Crippen LogP contribution in [0.1, 0.15) is 102 Å². The van der Waals surface area contributed by atoms with Crippen molar-refractivity contribution in [1.82, 2.24) is 0 Å². The Morgan fingerprint density at radius 1 is 0.625 bits per heavy atom. The van der Waals surface area contributed by atoms with Crippen LogP contribution in [0.2, 0.25) is 0 Å². The molecule has 2 atom stereocenters. The fourth-order valence-electron chi connectivity index (χ4n) is 5.75. The minimum atomic E-state index is -0.916. The van der Waals surface area contributed by atoms with Crippen LogP contribution in [0.15, 0.2) is 48.5 Å². The Morgan fingerprint density at radius 2 is 1.23 bits per heavy atom. The smallest absolute Gasteiger partial charge is 0.167 e. The van der Waals surface area contributed by atoms with Gasteiger partial charge in [-0.3, -0.25) is 0 Å². The molecule has 5 heteroatoms. The predicted molar refractivity (Wildman–Crippen MR) is 155 cm³/mol. The molecule has 0 aromatic heterocycles. The van der Waals surface area contributed by atoms with Gasteiger partial charge in [0, 0.05) is 16.7 Å². The quantitative estimate of drug-likeness (QED) is 0.151. The number of unbranched alkanes of at least 4 members (excludes halogenated alkanes) is 6. The summed E-state index contributed by atoms with van der Waals surface area (Å²) in [7, 11) is 0. The molecular formula is C35H42F4O. The van der Waals surface area contributed by atoms with E-state index in [1.165, 1.54) is 32.1 Å². The van der Waals surface area contributed by atoms with Gasteiger partial charge in [0.25, 0.3) is 0 Å². The molecule has 1 aliphatic rings. The van der Waals surface area contributed by atoms with Crippen LogP contribution < -0.4 is 0 Å². The lowest BCUT2D eigenvalue weighted by molar-refractivity contribution is -0.0218. The van der Waals surface area contributed by atoms with Gasteiger partial charge in [0.1, 0.15) is 0 Å². The van der Waals surface area contributed by atoms with E-state index in [0.29, 0.717) is 42.1 Å². The van der Waals surface area contributed by atoms with Gasteiger partial charge in [0.05, 0.1) is 12.7 Å². The Hall–Kier alpha value is -2.66. The lowest BCUT2D eigenvalue weighted by Gasteiger charge is -2.30. The third-order valence-electron chi connectivity index (χ3n) is 8.26. The van der Waals surface area contributed by atoms with E-state index in [9.17, 15) is 8.78 Å². The summed E-state index contributed by atoms with van der Waals surface area (Å²) in [5, 5.41) is 0. The van der Waals surface area contributed by atoms with Crippen molar-refractivity contribution in [2.75, 3.05) is 6.61 Å². The number of benzene rings is 3. The zero-order valence-electron chi connectivity index (χ0n) is 23.9. The molecule has 4 rings (SSSR count). The van der Waals surface area contributed by atoms with Crippen molar-refractivity contribution in [3.8, 4) is 22.3 Å². The van der Waals surface area contributed by atoms with Crippen molar-refractivity contribution in [2.45, 2.75) is 97.0 Å². The normalized spacial score (nSPS) is 17.4. The summed E-state index contributed by atoms with van der Waals surface area (Å²) >= 11 is 0. The van der Waals surface area contributed by atoms with Crippen LogP contribution in [0.25, 0.3) is 22.3 Å². The monoisotopic (exact) mass is 554 g/mol. The molecule has 0 spiro atoms. The van der Waals surface area contributed by atoms with Gasteiger partial charge in [-0.1, -0.05) is 107 Å². The Bertz CT molecular complexity index is 1230. The molecule has 2 unspecified atom stereocenters. The van der Waals surface area contributed by atoms with Crippen LogP contribution in [0, 0.1) is 29.2 Å². The lowest BCUT2D eigenvalue weighted by atomic mass is 9.90. The van der Waals surface area contributed by atoms with Crippen LogP contribution in [-0.2, 0) is 11.2 Å². The number of hydrogen-bond donors (Lipinski definition) is 0. The van der Waals surface area contributed by atoms with Gasteiger partial charge in [0.15, 0.2) is 23.3 Å². The van der Waals surface area contributed by atoms with Crippen LogP contribution >= 0.6 is 0 Å². The summed E-state index contributed by atoms with van der Waals surface area (Å²) in [4.78, 5) is 0. The maximum Gasteiger partial charge on any atom is 0.167 e. The van der Waals surface area contributed by atoms with E-state index in [1.807, 2.05) is 0 Å². The maximum absolute atomic E-state index is 15.2. The first-order valence-electron chi connectivity index (χ1n) is 15.1. The van der Waals surface area contributed by atoms with E-state index in [-0.39, 0.29) is 16.7 Å². The molecular weight excluding hydrogens is 512 g/mol. The number of ether oxygens (including phenoxy) is 1. The van der Waals surface area contributed by atoms with E-state index < -0.39 is 29.4 Å². The highest BCUT2D eigenvalue weighted by Crippen LogP contribution is 2.37. The number of aryl methyl sites for hydroxylation is 1. The van der Waals surface area contributed by atoms with E-state index in [4.69, 9.17) is 4.74 Å². The van der Waals surface area contributed by atoms with Gasteiger partial charge >= 0.3 is 0 Å². The van der Waals surface area contributed by atoms with Crippen molar-refractivity contribution in [2.24, 2.45) is 5.92 Å². The topological polar surface area (TPSA) is 9.23 Å². The number of rotatable bonds is 13. The highest BCUT2D eigenvalue weighted by Gasteiger charge is 2.27. The molecule has 3 aromatic carbocycles. The van der Waals surface area contributed by atoms with Crippen molar-refractivity contribution in [1.29, 1.82) is 0 Å². The molecule has 0 amide bonds. The zero-order chi connectivity index (χ0) is 28.5. The molecule has 0 saturated carbocycles. The number of hydrogen-bond acceptors (Lipinski definition) is 1. The molecule has 216 valence electrons. The van der Waals surface area contributed by atoms with Crippen LogP contribution in [-0.4, -0.2) is 6.61 Å². The fourth-order valence-corrected chi connectivity index (χ4v) is 5.75. The minimum absolute atomic E-state index is 0.131. The first kappa shape index (κ1) is 30.3. The molecule has 0 radical (unpaired) electrons. The van der Waals surface area contributed by atoms with E-state index in [0.717, 1.165) is 32.1 Å². The Kier molecular flexibility index (Phi) is 11.2. The van der Waals surface area contributed by atoms with Crippen LogP contribution in [0.4, 0.5) is 17.6 Å². The molecule has 1 heterocycles. The molecule has 1 aliphatic heterocycles. The lowest BCUT2D eigenvalue weighted by Crippen LogP contribution is -2.21. The van der Waals surface area contributed by atoms with E-state index in [2.05, 4.69) is 13.8 Å². The highest BCUT2D eigenvalue weighted by atomic mass is 19.2. The molecule has 0 bridgehead atoms. The Labute approximate surface area is 237 Å². The largest absolute Gasteiger partial charge is 0.373 e. The molecule has 1 nitrogen and oxygen atoms in total. The summed E-state index contributed by atoms with van der Waals surface area (Å²) in [6.45, 7) is 4.86. The van der Waals surface area contributed by atoms with Gasteiger partial charge in [0.2, 0.25) is 0 Å². The first-order valence-corrected chi connectivity index (χ1v) is 15.1. The SMILES string of the molecule is CCCCCCCC1CCC(c2ccc(-c3ccc(-c4ccc(CCCCC)c(F)c4F)cc3)c(F)c2F)OC1. The van der Waals surface area contributed by atoms with Gasteiger partial charge < -0.3 is 4.74 Å². The van der Waals surface area contributed by atoms with E-state index >= 15 is 8.78 Å². The van der Waals surface area contributed by atoms with Gasteiger partial charge in [-0.05, 0) is 54.7 Å². The Morgan fingerprint density at radius 3 is 1.85 bits per heavy atom. The summed E-state index contributed by atoms with van der Waals surface area (Å²) in [6, 6.07) is 12.9. The second-order valence-electron chi connectivity index (χ2n) is 11.2. The van der Waals surface area contributed by atoms with Crippen LogP contribution in [0.3, 0.4) is 0 Å². The summed E-state index contributed by atoms with van der Waals surface area (Å²) in [5.41, 5.74) is 1.87. The van der Waals surface area contributed by atoms with Crippen LogP contribution in [0.5, 0.6) is 0 Å². The van der Waals surface area contributed by atoms with Gasteiger partial charge in [-0.2, -0.15) is 0 Å². The van der Waals surface area contributed by atoms with Gasteiger partial charge in [-0.15, -0.1) is 0 Å². The molecule has 1 saturated heterocycles. The maximum atomic E-state index is 15.2. The Balaban J connectivity index is 1.41. The van der Waals surface area contributed by atoms with Crippen molar-refractivity contribution in [3.05, 3.63) is 82.9 Å². The molecule has 40 heavy (non-hydrogen) atoms. The first-order chi connectivity index (χ1) is 19.4. The average Bonchev–Trinajstić information content (AvgIpc) is 2.97. The average molecular weight is 555 g/mol. The summed E-state index contributed by atoms with van der Waals surface area (Å²) in [5.74, 6) is -3.00. The molecule has 0 N–H and O–H groups in total. The summed E-state index contributed by atoms with van der Waals surface area (Å²) < 4.78 is 65.9. The minimum Gasteiger partial charge on any atom is -0.373 e. The molecule has 1 fully saturated rings. The standard InChI is InChI=1S/C35H42F4O/c1-3-5-7-8-10-11-24-13-22-31(40-23-24)30-21-20-29(34(38)35(30)39)26-16-14-25(15-17-26)28-19-18-27(12-9-6-4-2)32(36)33(28)37/h14-21,24,31H,3-13,22-23H2,1-2H3. The number of halogens is 4. The second kappa shape index (κ2) is 14.8. The van der Waals surface area contributed by atoms with Crippen molar-refractivity contribution < 1.29 is 22.3 Å². The van der Waals surface area contributed by atoms with Gasteiger partial charge in [-0.25, -0.2) is 17.6 Å². The van der Waals surface area contributed by atoms with Crippen molar-refractivity contribution in [3.63, 3.8) is 0 Å². The van der Waals surface area contributed by atoms with E-state index in [1.54, 1.807) is 48.5 Å². The highest BCUT2D eigenvalue weighted by molar-refractivity contribution is 5.71. The third-order valence-corrected chi connectivity index (χ3v) is 8.26. The zero-order valence-corrected chi connectivity index (χ0v) is 23.9. The molecule has 0 aliphatic carbocycles. The third kappa shape index (κ3) is 7.34.